The number of aromatic nitrogens is 2. The molecule has 2 heterocycles. The van der Waals surface area contributed by atoms with Crippen molar-refractivity contribution in [2.24, 2.45) is 5.41 Å². The Morgan fingerprint density at radius 3 is 2.56 bits per heavy atom. The monoisotopic (exact) mass is 633 g/mol. The van der Waals surface area contributed by atoms with Gasteiger partial charge in [-0.15, -0.1) is 0 Å². The van der Waals surface area contributed by atoms with Crippen LogP contribution in [0.4, 0.5) is 4.39 Å². The van der Waals surface area contributed by atoms with Crippen molar-refractivity contribution in [2.75, 3.05) is 19.0 Å². The predicted octanol–water partition coefficient (Wildman–Crippen LogP) is 2.19. The average molecular weight is 634 g/mol. The lowest BCUT2D eigenvalue weighted by atomic mass is 10.00. The van der Waals surface area contributed by atoms with E-state index in [1.54, 1.807) is 34.6 Å². The lowest BCUT2D eigenvalue weighted by Crippen LogP contribution is -2.42. The van der Waals surface area contributed by atoms with Crippen LogP contribution in [-0.2, 0) is 39.9 Å². The molecule has 1 saturated heterocycles. The molecule has 2 rings (SSSR count). The number of thioether (sulfide) groups is 1. The van der Waals surface area contributed by atoms with Crippen LogP contribution >= 0.6 is 30.0 Å². The van der Waals surface area contributed by atoms with Crippen LogP contribution in [0.3, 0.4) is 0 Å². The van der Waals surface area contributed by atoms with E-state index < -0.39 is 71.6 Å². The Balaban J connectivity index is 2.16. The Morgan fingerprint density at radius 2 is 2.00 bits per heavy atom. The summed E-state index contributed by atoms with van der Waals surface area (Å²) in [6.07, 6.45) is -4.61. The van der Waals surface area contributed by atoms with E-state index in [4.69, 9.17) is 41.9 Å². The Hall–Kier alpha value is -1.16. The first-order chi connectivity index (χ1) is 17.9. The molecule has 1 fully saturated rings. The molecule has 1 aliphatic rings. The highest BCUT2D eigenvalue weighted by molar-refractivity contribution is 8.13. The highest BCUT2D eigenvalue weighted by Gasteiger charge is 2.58. The van der Waals surface area contributed by atoms with E-state index in [1.807, 2.05) is 4.98 Å². The van der Waals surface area contributed by atoms with Crippen molar-refractivity contribution in [3.05, 3.63) is 33.1 Å². The highest BCUT2D eigenvalue weighted by atomic mass is 35.5. The summed E-state index contributed by atoms with van der Waals surface area (Å²) in [6, 6.07) is 0.00297. The summed E-state index contributed by atoms with van der Waals surface area (Å²) in [5, 5.41) is 10.3. The number of aliphatic hydroxyl groups excluding tert-OH is 1. The molecule has 0 radical (unpaired) electrons. The van der Waals surface area contributed by atoms with Gasteiger partial charge < -0.3 is 23.6 Å². The zero-order chi connectivity index (χ0) is 29.8. The number of hydrogen-bond acceptors (Lipinski definition) is 11. The van der Waals surface area contributed by atoms with E-state index in [9.17, 15) is 24.3 Å². The number of alkyl halides is 2. The first-order valence-electron chi connectivity index (χ1n) is 11.9. The third-order valence-electron chi connectivity index (χ3n) is 5.14. The van der Waals surface area contributed by atoms with Gasteiger partial charge in [-0.2, -0.15) is 0 Å². The van der Waals surface area contributed by atoms with Crippen LogP contribution in [0.1, 0.15) is 47.8 Å². The van der Waals surface area contributed by atoms with E-state index in [0.29, 0.717) is 4.57 Å². The van der Waals surface area contributed by atoms with Crippen LogP contribution in [0.2, 0.25) is 0 Å². The van der Waals surface area contributed by atoms with Crippen molar-refractivity contribution in [1.29, 1.82) is 0 Å². The van der Waals surface area contributed by atoms with Crippen molar-refractivity contribution in [1.82, 2.24) is 14.6 Å². The fourth-order valence-electron chi connectivity index (χ4n) is 3.13. The second-order valence-electron chi connectivity index (χ2n) is 10.0. The van der Waals surface area contributed by atoms with Gasteiger partial charge in [-0.1, -0.05) is 44.1 Å². The molecule has 39 heavy (non-hydrogen) atoms. The van der Waals surface area contributed by atoms with E-state index in [1.165, 1.54) is 6.92 Å². The molecule has 1 aliphatic heterocycles. The number of ether oxygens (including phenoxy) is 2. The largest absolute Gasteiger partial charge is 0.462 e. The molecule has 0 saturated carbocycles. The molecule has 1 unspecified atom stereocenters. The number of nitrogens with zero attached hydrogens (tertiary/aromatic N) is 1. The van der Waals surface area contributed by atoms with Crippen molar-refractivity contribution in [2.45, 2.75) is 77.3 Å². The molecular formula is C22H34ClFN3O9PS2. The number of rotatable bonds is 12. The maximum absolute atomic E-state index is 15.3. The van der Waals surface area contributed by atoms with Crippen molar-refractivity contribution >= 4 is 52.9 Å². The number of H-pyrrole nitrogens is 1. The van der Waals surface area contributed by atoms with Gasteiger partial charge in [0.1, 0.15) is 18.2 Å². The molecule has 0 aromatic carbocycles. The number of carbonyl (C=O) groups excluding carboxylic acids is 2. The maximum atomic E-state index is 15.3. The van der Waals surface area contributed by atoms with E-state index in [2.05, 4.69) is 5.09 Å². The Labute approximate surface area is 239 Å². The smallest absolute Gasteiger partial charge is 0.330 e. The molecule has 17 heteroatoms. The van der Waals surface area contributed by atoms with Gasteiger partial charge in [-0.25, -0.2) is 14.3 Å². The highest BCUT2D eigenvalue weighted by Crippen LogP contribution is 2.48. The quantitative estimate of drug-likeness (QED) is 0.134. The summed E-state index contributed by atoms with van der Waals surface area (Å²) < 4.78 is 38.2. The summed E-state index contributed by atoms with van der Waals surface area (Å²) in [5.41, 5.74) is -2.28. The van der Waals surface area contributed by atoms with Crippen LogP contribution in [0.5, 0.6) is 0 Å². The summed E-state index contributed by atoms with van der Waals surface area (Å²) in [7, 11) is 0. The number of halogens is 2. The first kappa shape index (κ1) is 34.0. The van der Waals surface area contributed by atoms with E-state index in [-0.39, 0.29) is 17.5 Å². The number of carbonyl (C=O) groups is 2. The molecule has 6 atom stereocenters. The van der Waals surface area contributed by atoms with Gasteiger partial charge >= 0.3 is 11.7 Å². The third kappa shape index (κ3) is 9.44. The summed E-state index contributed by atoms with van der Waals surface area (Å²) in [6.45, 7) is 6.09. The molecule has 12 nitrogen and oxygen atoms in total. The fraction of sp³-hybridized carbons (Fsp3) is 0.727. The maximum Gasteiger partial charge on any atom is 0.330 e. The minimum absolute atomic E-state index is 0.0330. The lowest BCUT2D eigenvalue weighted by Gasteiger charge is -2.28. The van der Waals surface area contributed by atoms with Crippen molar-refractivity contribution in [3.63, 3.8) is 0 Å². The molecule has 1 aromatic heterocycles. The summed E-state index contributed by atoms with van der Waals surface area (Å²) >= 11 is 12.5. The molecule has 0 aliphatic carbocycles. The number of hydrogen-bond donors (Lipinski definition) is 3. The normalized spacial score (nSPS) is 25.8. The van der Waals surface area contributed by atoms with Gasteiger partial charge in [0.2, 0.25) is 0 Å². The Morgan fingerprint density at radius 1 is 1.36 bits per heavy atom. The van der Waals surface area contributed by atoms with Gasteiger partial charge in [0, 0.05) is 23.4 Å². The topological polar surface area (TPSA) is 158 Å². The van der Waals surface area contributed by atoms with Gasteiger partial charge in [-0.05, 0) is 32.6 Å². The van der Waals surface area contributed by atoms with Crippen LogP contribution in [0, 0.1) is 5.41 Å². The number of aliphatic hydroxyl groups is 1. The average Bonchev–Trinajstić information content (AvgIpc) is 3.03. The molecular weight excluding hydrogens is 600 g/mol. The predicted molar refractivity (Wildman–Crippen MR) is 148 cm³/mol. The minimum atomic E-state index is -3.52. The first-order valence-corrected chi connectivity index (χ1v) is 15.9. The number of nitrogens with one attached hydrogen (secondary N) is 2. The Bertz CT molecular complexity index is 1190. The number of aromatic amines is 1. The second-order valence-corrected chi connectivity index (χ2v) is 14.9. The molecule has 0 amide bonds. The lowest BCUT2D eigenvalue weighted by molar-refractivity contribution is -0.149. The van der Waals surface area contributed by atoms with Gasteiger partial charge in [0.05, 0.1) is 19.3 Å². The van der Waals surface area contributed by atoms with Crippen molar-refractivity contribution < 1.29 is 37.6 Å². The van der Waals surface area contributed by atoms with Crippen molar-refractivity contribution in [3.8, 4) is 0 Å². The van der Waals surface area contributed by atoms with Crippen LogP contribution in [-0.4, -0.2) is 74.2 Å². The zero-order valence-corrected chi connectivity index (χ0v) is 25.6. The zero-order valence-electron chi connectivity index (χ0n) is 22.3. The second kappa shape index (κ2) is 13.7. The molecule has 0 bridgehead atoms. The number of esters is 1. The van der Waals surface area contributed by atoms with Gasteiger partial charge in [0.25, 0.3) is 17.3 Å². The van der Waals surface area contributed by atoms with E-state index in [0.717, 1.165) is 24.0 Å². The molecule has 1 aromatic rings. The molecule has 0 spiro atoms. The standard InChI is InChI=1S/C22H34ClFN3O9PS2/c1-12(2)35-17(30)13(3)26-37(38,33-9-10-39-19(31)21(4,5)6)34-11-14-16(29)22(23,24)18(36-14)27-8-7-15(28)25-20(27)32/h7-8,12-14,16,18,29H,9-11H2,1-6H3,(H,26,38)(H,25,28,32)/t13-,14+,16+,18+,22+,37?/m0/s1. The molecule has 222 valence electrons. The Kier molecular flexibility index (Phi) is 11.9. The van der Waals surface area contributed by atoms with Gasteiger partial charge in [-0.3, -0.25) is 23.9 Å². The summed E-state index contributed by atoms with van der Waals surface area (Å²) in [4.78, 5) is 50.0. The fourth-order valence-corrected chi connectivity index (χ4v) is 6.70. The SMILES string of the molecule is CC(C)OC(=O)[C@H](C)NP(=S)(OCCSC(=O)C(C)(C)C)OC[C@H]1O[C@@H](n2ccc(=O)[nH]c2=O)[C@@](F)(Cl)[C@@H]1O. The van der Waals surface area contributed by atoms with Crippen LogP contribution < -0.4 is 16.3 Å². The third-order valence-corrected chi connectivity index (χ3v) is 9.46. The minimum Gasteiger partial charge on any atom is -0.462 e. The van der Waals surface area contributed by atoms with Gasteiger partial charge in [0.15, 0.2) is 11.3 Å². The molecule has 3 N–H and O–H groups in total. The van der Waals surface area contributed by atoms with Crippen LogP contribution in [0.25, 0.3) is 0 Å². The van der Waals surface area contributed by atoms with Crippen LogP contribution in [0.15, 0.2) is 21.9 Å². The summed E-state index contributed by atoms with van der Waals surface area (Å²) in [5.74, 6) is -0.388. The van der Waals surface area contributed by atoms with E-state index >= 15 is 4.39 Å².